The highest BCUT2D eigenvalue weighted by Gasteiger charge is 2.34. The van der Waals surface area contributed by atoms with Crippen molar-refractivity contribution < 1.29 is 18.0 Å². The molecule has 0 bridgehead atoms. The highest BCUT2D eigenvalue weighted by molar-refractivity contribution is 7.21. The Balaban J connectivity index is 2.05. The number of carbonyl (C=O) groups is 1. The summed E-state index contributed by atoms with van der Waals surface area (Å²) in [6.07, 6.45) is -4.57. The summed E-state index contributed by atoms with van der Waals surface area (Å²) in [5, 5.41) is 3.49. The minimum atomic E-state index is -4.57. The van der Waals surface area contributed by atoms with Crippen molar-refractivity contribution in [3.63, 3.8) is 0 Å². The van der Waals surface area contributed by atoms with E-state index in [1.54, 1.807) is 25.1 Å². The number of benzene rings is 1. The van der Waals surface area contributed by atoms with Gasteiger partial charge in [0.1, 0.15) is 15.4 Å². The first-order valence-electron chi connectivity index (χ1n) is 7.42. The van der Waals surface area contributed by atoms with Crippen LogP contribution in [-0.2, 0) is 6.18 Å². The van der Waals surface area contributed by atoms with Crippen LogP contribution in [0.2, 0.25) is 5.02 Å². The zero-order chi connectivity index (χ0) is 19.2. The van der Waals surface area contributed by atoms with Gasteiger partial charge in [-0.3, -0.25) is 4.79 Å². The number of nitrogens with zero attached hydrogens (tertiary/aromatic N) is 1. The van der Waals surface area contributed by atoms with Gasteiger partial charge in [-0.25, -0.2) is 4.98 Å². The van der Waals surface area contributed by atoms with Gasteiger partial charge in [-0.2, -0.15) is 13.2 Å². The van der Waals surface area contributed by atoms with Gasteiger partial charge in [0.05, 0.1) is 5.69 Å². The lowest BCUT2D eigenvalue weighted by Gasteiger charge is -2.08. The van der Waals surface area contributed by atoms with Crippen LogP contribution in [0.25, 0.3) is 10.2 Å². The SMILES string of the molecule is Cc1ccc(Cl)cc1NC(=O)c1sc2nc(C(F)(F)F)cc(C)c2c1N. The number of hydrogen-bond donors (Lipinski definition) is 2. The number of aromatic nitrogens is 1. The predicted molar refractivity (Wildman–Crippen MR) is 97.9 cm³/mol. The minimum Gasteiger partial charge on any atom is -0.397 e. The first kappa shape index (κ1) is 18.5. The molecule has 2 aromatic heterocycles. The van der Waals surface area contributed by atoms with E-state index < -0.39 is 17.8 Å². The number of amides is 1. The fourth-order valence-corrected chi connectivity index (χ4v) is 3.77. The number of alkyl halides is 3. The third kappa shape index (κ3) is 3.34. The number of rotatable bonds is 2. The number of aryl methyl sites for hydroxylation is 2. The molecule has 3 rings (SSSR count). The molecule has 0 aliphatic carbocycles. The fourth-order valence-electron chi connectivity index (χ4n) is 2.53. The van der Waals surface area contributed by atoms with Gasteiger partial charge < -0.3 is 11.1 Å². The number of nitrogen functional groups attached to an aromatic ring is 1. The van der Waals surface area contributed by atoms with Gasteiger partial charge in [-0.15, -0.1) is 11.3 Å². The molecule has 0 saturated heterocycles. The largest absolute Gasteiger partial charge is 0.433 e. The van der Waals surface area contributed by atoms with Crippen LogP contribution in [0.1, 0.15) is 26.5 Å². The van der Waals surface area contributed by atoms with Crippen LogP contribution >= 0.6 is 22.9 Å². The Morgan fingerprint density at radius 2 is 1.92 bits per heavy atom. The highest BCUT2D eigenvalue weighted by atomic mass is 35.5. The third-order valence-corrected chi connectivity index (χ3v) is 5.17. The van der Waals surface area contributed by atoms with Crippen molar-refractivity contribution in [2.75, 3.05) is 11.1 Å². The lowest BCUT2D eigenvalue weighted by molar-refractivity contribution is -0.141. The molecule has 0 radical (unpaired) electrons. The maximum atomic E-state index is 13.0. The van der Waals surface area contributed by atoms with Crippen molar-refractivity contribution in [3.05, 3.63) is 51.0 Å². The molecule has 0 spiro atoms. The van der Waals surface area contributed by atoms with Gasteiger partial charge in [-0.05, 0) is 43.2 Å². The van der Waals surface area contributed by atoms with Crippen molar-refractivity contribution >= 4 is 50.4 Å². The third-order valence-electron chi connectivity index (χ3n) is 3.84. The number of anilines is 2. The van der Waals surface area contributed by atoms with Crippen LogP contribution in [0.3, 0.4) is 0 Å². The molecule has 0 atom stereocenters. The normalized spacial score (nSPS) is 11.8. The molecule has 0 saturated carbocycles. The van der Waals surface area contributed by atoms with Gasteiger partial charge in [0.15, 0.2) is 0 Å². The van der Waals surface area contributed by atoms with Crippen molar-refractivity contribution in [2.24, 2.45) is 0 Å². The minimum absolute atomic E-state index is 0.0720. The van der Waals surface area contributed by atoms with Crippen molar-refractivity contribution in [1.82, 2.24) is 4.98 Å². The van der Waals surface area contributed by atoms with E-state index >= 15 is 0 Å². The molecule has 2 heterocycles. The van der Waals surface area contributed by atoms with E-state index in [0.29, 0.717) is 21.7 Å². The van der Waals surface area contributed by atoms with E-state index in [0.717, 1.165) is 23.0 Å². The number of nitrogens with one attached hydrogen (secondary N) is 1. The summed E-state index contributed by atoms with van der Waals surface area (Å²) < 4.78 is 38.9. The van der Waals surface area contributed by atoms with E-state index in [2.05, 4.69) is 10.3 Å². The second-order valence-corrected chi connectivity index (χ2v) is 7.20. The molecule has 0 fully saturated rings. The van der Waals surface area contributed by atoms with E-state index in [-0.39, 0.29) is 15.4 Å². The molecule has 1 amide bonds. The zero-order valence-corrected chi connectivity index (χ0v) is 15.2. The molecule has 9 heteroatoms. The van der Waals surface area contributed by atoms with E-state index in [9.17, 15) is 18.0 Å². The number of fused-ring (bicyclic) bond motifs is 1. The van der Waals surface area contributed by atoms with Crippen LogP contribution in [0.15, 0.2) is 24.3 Å². The molecule has 26 heavy (non-hydrogen) atoms. The lowest BCUT2D eigenvalue weighted by Crippen LogP contribution is -2.12. The Morgan fingerprint density at radius 1 is 1.23 bits per heavy atom. The van der Waals surface area contributed by atoms with Crippen LogP contribution in [0, 0.1) is 13.8 Å². The standard InChI is InChI=1S/C17H13ClF3N3OS/c1-7-3-4-9(18)6-10(7)23-15(25)14-13(22)12-8(2)5-11(17(19,20)21)24-16(12)26-14/h3-6H,22H2,1-2H3,(H,23,25). The first-order chi connectivity index (χ1) is 12.1. The average Bonchev–Trinajstić information content (AvgIpc) is 2.87. The topological polar surface area (TPSA) is 68.0 Å². The summed E-state index contributed by atoms with van der Waals surface area (Å²) in [5.74, 6) is -0.524. The van der Waals surface area contributed by atoms with Crippen molar-refractivity contribution in [3.8, 4) is 0 Å². The molecule has 136 valence electrons. The molecule has 4 nitrogen and oxygen atoms in total. The Labute approximate surface area is 155 Å². The molecule has 0 unspecified atom stereocenters. The monoisotopic (exact) mass is 399 g/mol. The van der Waals surface area contributed by atoms with Gasteiger partial charge in [0.25, 0.3) is 5.91 Å². The Hall–Kier alpha value is -2.32. The van der Waals surface area contributed by atoms with Crippen molar-refractivity contribution in [2.45, 2.75) is 20.0 Å². The Bertz CT molecular complexity index is 1030. The van der Waals surface area contributed by atoms with Gasteiger partial charge in [0, 0.05) is 16.1 Å². The Kier molecular flexibility index (Phi) is 4.58. The molecule has 0 aliphatic rings. The maximum absolute atomic E-state index is 13.0. The fraction of sp³-hybridized carbons (Fsp3) is 0.176. The summed E-state index contributed by atoms with van der Waals surface area (Å²) in [6.45, 7) is 3.30. The highest BCUT2D eigenvalue weighted by Crippen LogP contribution is 2.38. The van der Waals surface area contributed by atoms with Crippen molar-refractivity contribution in [1.29, 1.82) is 0 Å². The molecule has 1 aromatic carbocycles. The van der Waals surface area contributed by atoms with E-state index in [1.807, 2.05) is 0 Å². The van der Waals surface area contributed by atoms with Gasteiger partial charge in [-0.1, -0.05) is 17.7 Å². The van der Waals surface area contributed by atoms with Crippen LogP contribution in [-0.4, -0.2) is 10.9 Å². The van der Waals surface area contributed by atoms with E-state index in [4.69, 9.17) is 17.3 Å². The molecule has 3 aromatic rings. The number of halogens is 4. The molecular formula is C17H13ClF3N3OS. The zero-order valence-electron chi connectivity index (χ0n) is 13.7. The smallest absolute Gasteiger partial charge is 0.397 e. The van der Waals surface area contributed by atoms with Gasteiger partial charge >= 0.3 is 6.18 Å². The lowest BCUT2D eigenvalue weighted by atomic mass is 10.1. The quantitative estimate of drug-likeness (QED) is 0.604. The number of thiophene rings is 1. The second kappa shape index (κ2) is 6.44. The maximum Gasteiger partial charge on any atom is 0.433 e. The first-order valence-corrected chi connectivity index (χ1v) is 8.61. The molecule has 0 aliphatic heterocycles. The number of pyridine rings is 1. The van der Waals surface area contributed by atoms with Crippen LogP contribution in [0.5, 0.6) is 0 Å². The molecular weight excluding hydrogens is 387 g/mol. The summed E-state index contributed by atoms with van der Waals surface area (Å²) in [6, 6.07) is 5.94. The summed E-state index contributed by atoms with van der Waals surface area (Å²) in [7, 11) is 0. The van der Waals surface area contributed by atoms with Crippen LogP contribution in [0.4, 0.5) is 24.5 Å². The summed E-state index contributed by atoms with van der Waals surface area (Å²) in [5.41, 5.74) is 6.73. The summed E-state index contributed by atoms with van der Waals surface area (Å²) in [4.78, 5) is 16.4. The average molecular weight is 400 g/mol. The molecule has 3 N–H and O–H groups in total. The Morgan fingerprint density at radius 3 is 2.58 bits per heavy atom. The van der Waals surface area contributed by atoms with Crippen LogP contribution < -0.4 is 11.1 Å². The number of carbonyl (C=O) groups excluding carboxylic acids is 1. The number of nitrogens with two attached hydrogens (primary N) is 1. The van der Waals surface area contributed by atoms with E-state index in [1.165, 1.54) is 6.92 Å². The van der Waals surface area contributed by atoms with Gasteiger partial charge in [0.2, 0.25) is 0 Å². The summed E-state index contributed by atoms with van der Waals surface area (Å²) >= 11 is 6.76. The second-order valence-electron chi connectivity index (χ2n) is 5.76. The number of hydrogen-bond acceptors (Lipinski definition) is 4. The predicted octanol–water partition coefficient (Wildman–Crippen LogP) is 5.42.